The van der Waals surface area contributed by atoms with Crippen LogP contribution in [0.5, 0.6) is 0 Å². The highest BCUT2D eigenvalue weighted by molar-refractivity contribution is 7.88. The highest BCUT2D eigenvalue weighted by Gasteiger charge is 2.74. The molecule has 102 valence electrons. The minimum atomic E-state index is -7.29. The topological polar surface area (TPSA) is 94.6 Å². The Morgan fingerprint density at radius 3 is 1.47 bits per heavy atom. The summed E-state index contributed by atoms with van der Waals surface area (Å²) < 4.78 is 113. The van der Waals surface area contributed by atoms with Crippen molar-refractivity contribution in [1.29, 1.82) is 0 Å². The Bertz CT molecular complexity index is 516. The smallest absolute Gasteiger partial charge is 0.316 e. The van der Waals surface area contributed by atoms with E-state index in [9.17, 15) is 47.0 Å². The molecule has 0 saturated heterocycles. The molecule has 1 atom stereocenters. The van der Waals surface area contributed by atoms with Crippen LogP contribution in [-0.2, 0) is 29.7 Å². The lowest BCUT2D eigenvalue weighted by Crippen LogP contribution is -2.53. The molecule has 0 aromatic rings. The zero-order valence-corrected chi connectivity index (χ0v) is 8.67. The normalized spacial score (nSPS) is 17.3. The lowest BCUT2D eigenvalue weighted by molar-refractivity contribution is -0.209. The van der Waals surface area contributed by atoms with Crippen molar-refractivity contribution in [2.45, 2.75) is 11.2 Å². The van der Waals surface area contributed by atoms with Crippen molar-refractivity contribution in [1.82, 2.24) is 0 Å². The van der Waals surface area contributed by atoms with Crippen LogP contribution in [-0.4, -0.2) is 34.0 Å². The van der Waals surface area contributed by atoms with E-state index in [1.165, 1.54) is 0 Å². The monoisotopic (exact) mass is 310 g/mol. The first-order valence-corrected chi connectivity index (χ1v) is 5.70. The lowest BCUT2D eigenvalue weighted by Gasteiger charge is -2.20. The molecule has 0 saturated carbocycles. The fourth-order valence-electron chi connectivity index (χ4n) is 0.497. The molecule has 0 aromatic carbocycles. The van der Waals surface area contributed by atoms with Crippen LogP contribution in [0.4, 0.5) is 25.3 Å². The van der Waals surface area contributed by atoms with Gasteiger partial charge in [0.05, 0.1) is 0 Å². The predicted octanol–water partition coefficient (Wildman–Crippen LogP) is 0.271. The maximum atomic E-state index is 12.7. The summed E-state index contributed by atoms with van der Waals surface area (Å²) in [7, 11) is -13.7. The van der Waals surface area contributed by atoms with Crippen molar-refractivity contribution >= 4 is 26.7 Å². The third-order valence-electron chi connectivity index (χ3n) is 1.14. The van der Waals surface area contributed by atoms with Crippen LogP contribution in [0.3, 0.4) is 0 Å². The zero-order valence-electron chi connectivity index (χ0n) is 7.03. The molecule has 0 rings (SSSR count). The van der Waals surface area contributed by atoms with Crippen molar-refractivity contribution < 1.29 is 51.1 Å². The second kappa shape index (κ2) is 4.01. The van der Waals surface area contributed by atoms with Gasteiger partial charge in [0.25, 0.3) is 0 Å². The number of carbonyl (C=O) groups excluding carboxylic acids is 1. The molecule has 0 aliphatic heterocycles. The Balaban J connectivity index is 5.80. The molecule has 17 heavy (non-hydrogen) atoms. The van der Waals surface area contributed by atoms with E-state index in [-0.39, 0.29) is 0 Å². The van der Waals surface area contributed by atoms with Gasteiger partial charge in [0, 0.05) is 0 Å². The lowest BCUT2D eigenvalue weighted by atomic mass is 10.4. The first kappa shape index (κ1) is 16.0. The number of halogens is 6. The number of rotatable bonds is 3. The van der Waals surface area contributed by atoms with Crippen molar-refractivity contribution in [3.8, 4) is 0 Å². The Hall–Kier alpha value is -1.05. The molecule has 0 aromatic heterocycles. The summed E-state index contributed by atoms with van der Waals surface area (Å²) in [5, 5.41) is -6.33. The molecule has 0 radical (unpaired) electrons. The molecule has 0 bridgehead atoms. The van der Waals surface area contributed by atoms with Crippen molar-refractivity contribution in [3.63, 3.8) is 0 Å². The van der Waals surface area contributed by atoms with Gasteiger partial charge < -0.3 is 4.18 Å². The van der Waals surface area contributed by atoms with Gasteiger partial charge in [0.1, 0.15) is 0 Å². The van der Waals surface area contributed by atoms with E-state index in [0.29, 0.717) is 0 Å². The fourth-order valence-corrected chi connectivity index (χ4v) is 1.36. The number of alkyl halides is 4. The van der Waals surface area contributed by atoms with Gasteiger partial charge in [-0.05, 0) is 0 Å². The fraction of sp³-hybridized carbons (Fsp3) is 0.667. The maximum absolute atomic E-state index is 12.7. The SMILES string of the molecule is O=C(OS(=O)(=O)F)C(F)(C(F)(F)F)S(=O)(=O)F. The van der Waals surface area contributed by atoms with Gasteiger partial charge in [-0.15, -0.1) is 3.89 Å². The minimum absolute atomic E-state index is 2.21. The second-order valence-corrected chi connectivity index (χ2v) is 4.69. The number of carbonyl (C=O) groups is 1. The van der Waals surface area contributed by atoms with Gasteiger partial charge in [-0.25, -0.2) is 9.18 Å². The maximum Gasteiger partial charge on any atom is 0.491 e. The largest absolute Gasteiger partial charge is 0.491 e. The Kier molecular flexibility index (Phi) is 3.76. The first-order chi connectivity index (χ1) is 7.13. The van der Waals surface area contributed by atoms with Gasteiger partial charge in [-0.2, -0.15) is 30.0 Å². The molecule has 14 heteroatoms. The Labute approximate surface area is 89.8 Å². The summed E-state index contributed by atoms with van der Waals surface area (Å²) >= 11 is 0. The molecule has 0 amide bonds. The Morgan fingerprint density at radius 1 is 0.941 bits per heavy atom. The molecule has 0 aliphatic rings. The van der Waals surface area contributed by atoms with Crippen LogP contribution in [0, 0.1) is 0 Å². The minimum Gasteiger partial charge on any atom is -0.316 e. The third kappa shape index (κ3) is 3.21. The van der Waals surface area contributed by atoms with E-state index in [0.717, 1.165) is 0 Å². The van der Waals surface area contributed by atoms with Crippen molar-refractivity contribution in [3.05, 3.63) is 0 Å². The van der Waals surface area contributed by atoms with Gasteiger partial charge in [-0.1, -0.05) is 3.89 Å². The van der Waals surface area contributed by atoms with E-state index in [1.54, 1.807) is 0 Å². The van der Waals surface area contributed by atoms with E-state index in [2.05, 4.69) is 4.18 Å². The first-order valence-electron chi connectivity index (χ1n) is 3.01. The van der Waals surface area contributed by atoms with Crippen LogP contribution in [0.25, 0.3) is 0 Å². The van der Waals surface area contributed by atoms with E-state index in [1.807, 2.05) is 0 Å². The van der Waals surface area contributed by atoms with Crippen LogP contribution in [0.1, 0.15) is 0 Å². The van der Waals surface area contributed by atoms with Crippen molar-refractivity contribution in [2.24, 2.45) is 0 Å². The van der Waals surface area contributed by atoms with Gasteiger partial charge >= 0.3 is 37.9 Å². The summed E-state index contributed by atoms with van der Waals surface area (Å²) in [6, 6.07) is 0. The molecule has 0 fully saturated rings. The Morgan fingerprint density at radius 2 is 1.29 bits per heavy atom. The summed E-state index contributed by atoms with van der Waals surface area (Å²) in [4.78, 5) is 10.2. The van der Waals surface area contributed by atoms with Crippen LogP contribution >= 0.6 is 0 Å². The standard InChI is InChI=1S/C3F6O6S2/c4-2(3(5,6)7,16(8,11)12)1(10)15-17(9,13)14. The third-order valence-corrected chi connectivity index (χ3v) is 2.56. The average Bonchev–Trinajstić information content (AvgIpc) is 1.94. The average molecular weight is 310 g/mol. The summed E-state index contributed by atoms with van der Waals surface area (Å²) in [5.41, 5.74) is 0. The number of hydrogen-bond donors (Lipinski definition) is 0. The van der Waals surface area contributed by atoms with Crippen LogP contribution in [0.15, 0.2) is 0 Å². The van der Waals surface area contributed by atoms with Crippen LogP contribution in [0.2, 0.25) is 0 Å². The molecule has 6 nitrogen and oxygen atoms in total. The van der Waals surface area contributed by atoms with E-state index < -0.39 is 37.9 Å². The summed E-state index contributed by atoms with van der Waals surface area (Å²) in [6.07, 6.45) is -6.71. The molecule has 0 heterocycles. The second-order valence-electron chi connectivity index (χ2n) is 2.29. The van der Waals surface area contributed by atoms with Gasteiger partial charge in [-0.3, -0.25) is 0 Å². The summed E-state index contributed by atoms with van der Waals surface area (Å²) in [6.45, 7) is 0. The van der Waals surface area contributed by atoms with Gasteiger partial charge in [0.2, 0.25) is 0 Å². The molecular formula is C3F6O6S2. The highest BCUT2D eigenvalue weighted by atomic mass is 32.3. The predicted molar refractivity (Wildman–Crippen MR) is 36.0 cm³/mol. The van der Waals surface area contributed by atoms with Crippen LogP contribution < -0.4 is 0 Å². The summed E-state index contributed by atoms with van der Waals surface area (Å²) in [5.74, 6) is -3.82. The van der Waals surface area contributed by atoms with E-state index in [4.69, 9.17) is 0 Å². The highest BCUT2D eigenvalue weighted by Crippen LogP contribution is 2.40. The molecule has 0 aliphatic carbocycles. The molecule has 1 unspecified atom stereocenters. The molecular weight excluding hydrogens is 310 g/mol. The molecule has 0 spiro atoms. The zero-order chi connectivity index (χ0) is 14.3. The van der Waals surface area contributed by atoms with Crippen molar-refractivity contribution in [2.75, 3.05) is 0 Å². The number of hydrogen-bond acceptors (Lipinski definition) is 6. The van der Waals surface area contributed by atoms with Gasteiger partial charge in [0.15, 0.2) is 0 Å². The van der Waals surface area contributed by atoms with E-state index >= 15 is 0 Å². The molecule has 0 N–H and O–H groups in total. The quantitative estimate of drug-likeness (QED) is 0.548.